The Morgan fingerprint density at radius 3 is 2.09 bits per heavy atom. The standard InChI is InChI=1S/C9H16O2/c1-8(2)5-6-9(3,4)11-7(8)10/h5-6H2,1-4H3. The van der Waals surface area contributed by atoms with Crippen molar-refractivity contribution >= 4 is 5.97 Å². The van der Waals surface area contributed by atoms with Crippen molar-refractivity contribution in [1.82, 2.24) is 0 Å². The van der Waals surface area contributed by atoms with E-state index >= 15 is 0 Å². The van der Waals surface area contributed by atoms with E-state index in [1.807, 2.05) is 27.7 Å². The molecule has 0 bridgehead atoms. The molecule has 1 aliphatic rings. The van der Waals surface area contributed by atoms with Gasteiger partial charge in [-0.15, -0.1) is 0 Å². The molecule has 0 aromatic carbocycles. The minimum atomic E-state index is -0.268. The van der Waals surface area contributed by atoms with E-state index in [9.17, 15) is 4.79 Å². The van der Waals surface area contributed by atoms with Gasteiger partial charge in [0.05, 0.1) is 5.41 Å². The zero-order chi connectivity index (χ0) is 8.70. The number of rotatable bonds is 0. The van der Waals surface area contributed by atoms with Gasteiger partial charge in [-0.1, -0.05) is 0 Å². The van der Waals surface area contributed by atoms with Gasteiger partial charge in [-0.3, -0.25) is 4.79 Å². The molecule has 0 aliphatic carbocycles. The van der Waals surface area contributed by atoms with Crippen molar-refractivity contribution in [3.63, 3.8) is 0 Å². The lowest BCUT2D eigenvalue weighted by Crippen LogP contribution is -2.42. The normalized spacial score (nSPS) is 27.8. The Morgan fingerprint density at radius 1 is 1.18 bits per heavy atom. The molecule has 0 unspecified atom stereocenters. The zero-order valence-electron chi connectivity index (χ0n) is 7.73. The van der Waals surface area contributed by atoms with Crippen LogP contribution in [0.25, 0.3) is 0 Å². The minimum absolute atomic E-state index is 0.0613. The van der Waals surface area contributed by atoms with Gasteiger partial charge in [0.1, 0.15) is 5.60 Å². The highest BCUT2D eigenvalue weighted by Gasteiger charge is 2.40. The van der Waals surface area contributed by atoms with E-state index in [-0.39, 0.29) is 17.0 Å². The molecular weight excluding hydrogens is 140 g/mol. The quantitative estimate of drug-likeness (QED) is 0.502. The van der Waals surface area contributed by atoms with E-state index in [0.29, 0.717) is 0 Å². The second kappa shape index (κ2) is 2.23. The third-order valence-corrected chi connectivity index (χ3v) is 2.27. The maximum Gasteiger partial charge on any atom is 0.312 e. The van der Waals surface area contributed by atoms with Crippen LogP contribution in [0.5, 0.6) is 0 Å². The fourth-order valence-electron chi connectivity index (χ4n) is 1.16. The molecule has 0 atom stereocenters. The van der Waals surface area contributed by atoms with Crippen molar-refractivity contribution in [1.29, 1.82) is 0 Å². The molecule has 0 aromatic rings. The minimum Gasteiger partial charge on any atom is -0.459 e. The summed E-state index contributed by atoms with van der Waals surface area (Å²) in [5, 5.41) is 0. The molecule has 0 amide bonds. The number of hydrogen-bond acceptors (Lipinski definition) is 2. The fraction of sp³-hybridized carbons (Fsp3) is 0.889. The van der Waals surface area contributed by atoms with Crippen LogP contribution in [0, 0.1) is 5.41 Å². The summed E-state index contributed by atoms with van der Waals surface area (Å²) < 4.78 is 5.25. The molecule has 0 saturated carbocycles. The van der Waals surface area contributed by atoms with E-state index < -0.39 is 0 Å². The van der Waals surface area contributed by atoms with Crippen molar-refractivity contribution in [2.45, 2.75) is 46.1 Å². The van der Waals surface area contributed by atoms with Gasteiger partial charge in [0.15, 0.2) is 0 Å². The lowest BCUT2D eigenvalue weighted by Gasteiger charge is -2.37. The van der Waals surface area contributed by atoms with Crippen LogP contribution in [0.3, 0.4) is 0 Å². The molecule has 11 heavy (non-hydrogen) atoms. The van der Waals surface area contributed by atoms with Crippen LogP contribution >= 0.6 is 0 Å². The smallest absolute Gasteiger partial charge is 0.312 e. The summed E-state index contributed by atoms with van der Waals surface area (Å²) in [6.45, 7) is 7.79. The van der Waals surface area contributed by atoms with Gasteiger partial charge in [0.25, 0.3) is 0 Å². The average Bonchev–Trinajstić information content (AvgIpc) is 1.81. The van der Waals surface area contributed by atoms with Crippen molar-refractivity contribution in [2.75, 3.05) is 0 Å². The summed E-state index contributed by atoms with van der Waals surface area (Å²) in [6.07, 6.45) is 1.89. The molecule has 0 spiro atoms. The predicted molar refractivity (Wildman–Crippen MR) is 43.2 cm³/mol. The number of esters is 1. The van der Waals surface area contributed by atoms with E-state index in [2.05, 4.69) is 0 Å². The second-order valence-corrected chi connectivity index (χ2v) is 4.53. The first-order valence-electron chi connectivity index (χ1n) is 4.07. The molecule has 1 rings (SSSR count). The first kappa shape index (κ1) is 8.57. The van der Waals surface area contributed by atoms with Gasteiger partial charge >= 0.3 is 5.97 Å². The van der Waals surface area contributed by atoms with Crippen molar-refractivity contribution in [3.05, 3.63) is 0 Å². The van der Waals surface area contributed by atoms with E-state index in [0.717, 1.165) is 12.8 Å². The lowest BCUT2D eigenvalue weighted by atomic mass is 9.81. The van der Waals surface area contributed by atoms with Crippen LogP contribution in [-0.2, 0) is 9.53 Å². The Balaban J connectivity index is 2.71. The molecule has 1 saturated heterocycles. The lowest BCUT2D eigenvalue weighted by molar-refractivity contribution is -0.177. The molecule has 0 radical (unpaired) electrons. The van der Waals surface area contributed by atoms with Crippen LogP contribution in [0.15, 0.2) is 0 Å². The van der Waals surface area contributed by atoms with Gasteiger partial charge in [0.2, 0.25) is 0 Å². The van der Waals surface area contributed by atoms with Gasteiger partial charge in [-0.2, -0.15) is 0 Å². The highest BCUT2D eigenvalue weighted by molar-refractivity contribution is 5.77. The summed E-state index contributed by atoms with van der Waals surface area (Å²) in [7, 11) is 0. The summed E-state index contributed by atoms with van der Waals surface area (Å²) in [6, 6.07) is 0. The van der Waals surface area contributed by atoms with Gasteiger partial charge in [0, 0.05) is 0 Å². The monoisotopic (exact) mass is 156 g/mol. The number of hydrogen-bond donors (Lipinski definition) is 0. The summed E-state index contributed by atoms with van der Waals surface area (Å²) in [5.41, 5.74) is -0.512. The first-order valence-corrected chi connectivity index (χ1v) is 4.07. The number of carbonyl (C=O) groups is 1. The Bertz CT molecular complexity index is 180. The summed E-state index contributed by atoms with van der Waals surface area (Å²) in [4.78, 5) is 11.3. The number of carbonyl (C=O) groups excluding carboxylic acids is 1. The molecule has 1 aliphatic heterocycles. The summed E-state index contributed by atoms with van der Waals surface area (Å²) >= 11 is 0. The Labute approximate surface area is 67.9 Å². The van der Waals surface area contributed by atoms with Gasteiger partial charge in [-0.05, 0) is 40.5 Å². The summed E-state index contributed by atoms with van der Waals surface area (Å²) in [5.74, 6) is -0.0613. The van der Waals surface area contributed by atoms with Crippen LogP contribution in [0.1, 0.15) is 40.5 Å². The van der Waals surface area contributed by atoms with Crippen LogP contribution in [-0.4, -0.2) is 11.6 Å². The van der Waals surface area contributed by atoms with Gasteiger partial charge in [-0.25, -0.2) is 0 Å². The average molecular weight is 156 g/mol. The van der Waals surface area contributed by atoms with Crippen LogP contribution < -0.4 is 0 Å². The number of ether oxygens (including phenoxy) is 1. The molecule has 2 heteroatoms. The van der Waals surface area contributed by atoms with Crippen molar-refractivity contribution in [2.24, 2.45) is 5.41 Å². The molecule has 1 fully saturated rings. The van der Waals surface area contributed by atoms with Crippen LogP contribution in [0.2, 0.25) is 0 Å². The Kier molecular flexibility index (Phi) is 1.73. The third kappa shape index (κ3) is 1.73. The van der Waals surface area contributed by atoms with Crippen molar-refractivity contribution in [3.8, 4) is 0 Å². The molecule has 64 valence electrons. The topological polar surface area (TPSA) is 26.3 Å². The molecular formula is C9H16O2. The second-order valence-electron chi connectivity index (χ2n) is 4.53. The largest absolute Gasteiger partial charge is 0.459 e. The zero-order valence-corrected chi connectivity index (χ0v) is 7.73. The van der Waals surface area contributed by atoms with E-state index in [4.69, 9.17) is 4.74 Å². The highest BCUT2D eigenvalue weighted by Crippen LogP contribution is 2.35. The number of cyclic esters (lactones) is 1. The SMILES string of the molecule is CC1(C)CCC(C)(C)C(=O)O1. The maximum absolute atomic E-state index is 11.3. The Morgan fingerprint density at radius 2 is 1.73 bits per heavy atom. The van der Waals surface area contributed by atoms with Crippen molar-refractivity contribution < 1.29 is 9.53 Å². The van der Waals surface area contributed by atoms with Crippen LogP contribution in [0.4, 0.5) is 0 Å². The highest BCUT2D eigenvalue weighted by atomic mass is 16.6. The molecule has 0 N–H and O–H groups in total. The van der Waals surface area contributed by atoms with Gasteiger partial charge < -0.3 is 4.74 Å². The maximum atomic E-state index is 11.3. The van der Waals surface area contributed by atoms with E-state index in [1.54, 1.807) is 0 Å². The first-order chi connectivity index (χ1) is 4.83. The molecule has 2 nitrogen and oxygen atoms in total. The fourth-order valence-corrected chi connectivity index (χ4v) is 1.16. The molecule has 1 heterocycles. The van der Waals surface area contributed by atoms with E-state index in [1.165, 1.54) is 0 Å². The Hall–Kier alpha value is -0.530. The third-order valence-electron chi connectivity index (χ3n) is 2.27. The predicted octanol–water partition coefficient (Wildman–Crippen LogP) is 2.13. The molecule has 0 aromatic heterocycles.